The summed E-state index contributed by atoms with van der Waals surface area (Å²) in [6.07, 6.45) is 10.0. The Labute approximate surface area is 277 Å². The number of fused-ring (bicyclic) bond motifs is 2. The second-order valence-corrected chi connectivity index (χ2v) is 15.8. The molecule has 256 valence electrons. The Bertz CT molecular complexity index is 1130. The highest BCUT2D eigenvalue weighted by molar-refractivity contribution is 5.94. The molecule has 0 bridgehead atoms. The minimum absolute atomic E-state index is 0.0880. The molecule has 1 aliphatic rings. The molecule has 6 nitrogen and oxygen atoms in total. The van der Waals surface area contributed by atoms with Gasteiger partial charge in [0.15, 0.2) is 0 Å². The number of nitrogens with zero attached hydrogens (tertiary/aromatic N) is 3. The Morgan fingerprint density at radius 1 is 0.556 bits per heavy atom. The molecular weight excluding hydrogens is 556 g/mol. The molecule has 1 heterocycles. The van der Waals surface area contributed by atoms with Gasteiger partial charge in [0.2, 0.25) is 0 Å². The normalized spacial score (nSPS) is 13.3. The quantitative estimate of drug-likeness (QED) is 0.136. The van der Waals surface area contributed by atoms with Gasteiger partial charge < -0.3 is 29.8 Å². The van der Waals surface area contributed by atoms with Crippen molar-refractivity contribution in [1.29, 1.82) is 0 Å². The second-order valence-electron chi connectivity index (χ2n) is 15.8. The number of hydrogen-bond donors (Lipinski definition) is 3. The molecule has 2 aromatic carbocycles. The molecule has 3 rings (SSSR count). The van der Waals surface area contributed by atoms with Crippen molar-refractivity contribution in [2.24, 2.45) is 0 Å². The molecule has 0 unspecified atom stereocenters. The Balaban J connectivity index is 0.00000226. The number of aliphatic hydroxyl groups excluding tert-OH is 2. The van der Waals surface area contributed by atoms with Crippen molar-refractivity contribution in [3.05, 3.63) is 47.5 Å². The standard InChI is InChI=1S/C37H62N3O2.C2H7N/c1-36(2,3)30-19-21-33-34(28-30)38(22-13-11-9-10-12-16-26-41)32-20-18-31(37(4,5)6)29-35(32)39(33)23-14-15-24-40(7,8)25-17-27-42;1-3-2/h18-21,28-29,41-42H,9-17,22-27H2,1-8H3;3H,1-2H3/q+1;/p+1. The van der Waals surface area contributed by atoms with E-state index in [1.165, 1.54) is 66.0 Å². The summed E-state index contributed by atoms with van der Waals surface area (Å²) in [5.41, 5.74) is 8.30. The van der Waals surface area contributed by atoms with Crippen molar-refractivity contribution >= 4 is 22.7 Å². The highest BCUT2D eigenvalue weighted by Gasteiger charge is 2.31. The van der Waals surface area contributed by atoms with Crippen LogP contribution in [0.4, 0.5) is 22.7 Å². The van der Waals surface area contributed by atoms with Gasteiger partial charge in [-0.1, -0.05) is 79.4 Å². The third kappa shape index (κ3) is 12.2. The number of anilines is 4. The zero-order chi connectivity index (χ0) is 33.7. The number of aliphatic hydroxyl groups is 2. The molecule has 0 amide bonds. The van der Waals surface area contributed by atoms with Gasteiger partial charge in [0.25, 0.3) is 0 Å². The van der Waals surface area contributed by atoms with Gasteiger partial charge in [0.1, 0.15) is 0 Å². The predicted octanol–water partition coefficient (Wildman–Crippen LogP) is 7.25. The second kappa shape index (κ2) is 18.3. The summed E-state index contributed by atoms with van der Waals surface area (Å²) in [4.78, 5) is 5.21. The third-order valence-electron chi connectivity index (χ3n) is 8.95. The maximum atomic E-state index is 9.31. The van der Waals surface area contributed by atoms with Crippen molar-refractivity contribution in [3.63, 3.8) is 0 Å². The van der Waals surface area contributed by atoms with Gasteiger partial charge in [-0.25, -0.2) is 0 Å². The highest BCUT2D eigenvalue weighted by Crippen LogP contribution is 2.50. The van der Waals surface area contributed by atoms with Crippen LogP contribution < -0.4 is 15.1 Å². The lowest BCUT2D eigenvalue weighted by Gasteiger charge is -2.42. The van der Waals surface area contributed by atoms with Crippen molar-refractivity contribution in [3.8, 4) is 0 Å². The molecule has 4 N–H and O–H groups in total. The zero-order valence-corrected chi connectivity index (χ0v) is 30.9. The number of hydrogen-bond acceptors (Lipinski definition) is 4. The van der Waals surface area contributed by atoms with E-state index in [0.29, 0.717) is 6.61 Å². The molecule has 45 heavy (non-hydrogen) atoms. The van der Waals surface area contributed by atoms with E-state index in [2.05, 4.69) is 102 Å². The summed E-state index contributed by atoms with van der Waals surface area (Å²) < 4.78 is 0.963. The fourth-order valence-electron chi connectivity index (χ4n) is 6.12. The van der Waals surface area contributed by atoms with Crippen LogP contribution in [0.1, 0.15) is 110 Å². The summed E-state index contributed by atoms with van der Waals surface area (Å²) in [6.45, 7) is 18.6. The Morgan fingerprint density at radius 3 is 1.36 bits per heavy atom. The van der Waals surface area contributed by atoms with Gasteiger partial charge in [-0.2, -0.15) is 0 Å². The van der Waals surface area contributed by atoms with Crippen LogP contribution in [0.15, 0.2) is 36.4 Å². The van der Waals surface area contributed by atoms with E-state index in [4.69, 9.17) is 5.11 Å². The molecule has 0 saturated carbocycles. The summed E-state index contributed by atoms with van der Waals surface area (Å²) in [7, 11) is 8.57. The lowest BCUT2D eigenvalue weighted by atomic mass is 9.85. The number of nitrogens with two attached hydrogens (primary N) is 1. The van der Waals surface area contributed by atoms with E-state index >= 15 is 0 Å². The van der Waals surface area contributed by atoms with E-state index < -0.39 is 0 Å². The summed E-state index contributed by atoms with van der Waals surface area (Å²) >= 11 is 0. The van der Waals surface area contributed by atoms with Gasteiger partial charge in [0, 0.05) is 32.7 Å². The number of unbranched alkanes of at least 4 members (excludes halogenated alkanes) is 6. The van der Waals surface area contributed by atoms with E-state index in [1.807, 2.05) is 19.4 Å². The van der Waals surface area contributed by atoms with Crippen LogP contribution in [0.25, 0.3) is 0 Å². The molecule has 0 atom stereocenters. The maximum Gasteiger partial charge on any atom is 0.0804 e. The Kier molecular flexibility index (Phi) is 15.9. The summed E-state index contributed by atoms with van der Waals surface area (Å²) in [5, 5.41) is 20.4. The SMILES string of the molecule is CC(C)(C)c1ccc2c(c1)N(CCCCCCCCO)c1ccc(C(C)(C)C)cc1N2CCCC[N+](C)(C)CCCO.C[NH2+]C. The fourth-order valence-corrected chi connectivity index (χ4v) is 6.12. The van der Waals surface area contributed by atoms with E-state index in [0.717, 1.165) is 56.3 Å². The molecule has 0 fully saturated rings. The van der Waals surface area contributed by atoms with Gasteiger partial charge in [-0.05, 0) is 71.9 Å². The van der Waals surface area contributed by atoms with Gasteiger partial charge in [0.05, 0.1) is 64.0 Å². The lowest BCUT2D eigenvalue weighted by molar-refractivity contribution is -0.890. The smallest absolute Gasteiger partial charge is 0.0804 e. The predicted molar refractivity (Wildman–Crippen MR) is 196 cm³/mol. The van der Waals surface area contributed by atoms with Crippen molar-refractivity contribution < 1.29 is 20.0 Å². The minimum atomic E-state index is 0.0880. The zero-order valence-electron chi connectivity index (χ0n) is 30.9. The van der Waals surface area contributed by atoms with Crippen LogP contribution >= 0.6 is 0 Å². The van der Waals surface area contributed by atoms with Crippen LogP contribution in [0.3, 0.4) is 0 Å². The van der Waals surface area contributed by atoms with Crippen LogP contribution in [0.2, 0.25) is 0 Å². The lowest BCUT2D eigenvalue weighted by Crippen LogP contribution is -2.74. The van der Waals surface area contributed by atoms with E-state index in [1.54, 1.807) is 0 Å². The first-order valence-corrected chi connectivity index (χ1v) is 17.8. The maximum absolute atomic E-state index is 9.31. The third-order valence-corrected chi connectivity index (χ3v) is 8.95. The van der Waals surface area contributed by atoms with Gasteiger partial charge in [-0.15, -0.1) is 0 Å². The molecule has 0 aromatic heterocycles. The highest BCUT2D eigenvalue weighted by atomic mass is 16.3. The topological polar surface area (TPSA) is 63.5 Å². The van der Waals surface area contributed by atoms with Crippen molar-refractivity contribution in [2.45, 2.75) is 110 Å². The number of benzene rings is 2. The van der Waals surface area contributed by atoms with Crippen LogP contribution in [0.5, 0.6) is 0 Å². The first kappa shape index (κ1) is 39.1. The molecule has 1 aliphatic heterocycles. The monoisotopic (exact) mass is 627 g/mol. The molecule has 2 aromatic rings. The van der Waals surface area contributed by atoms with Crippen LogP contribution in [0, 0.1) is 0 Å². The average molecular weight is 627 g/mol. The number of quaternary nitrogens is 2. The van der Waals surface area contributed by atoms with Crippen LogP contribution in [-0.2, 0) is 10.8 Å². The summed E-state index contributed by atoms with van der Waals surface area (Å²) in [5.74, 6) is 0. The molecule has 0 spiro atoms. The first-order chi connectivity index (χ1) is 21.2. The number of rotatable bonds is 16. The van der Waals surface area contributed by atoms with Crippen LogP contribution in [-0.4, -0.2) is 82.3 Å². The van der Waals surface area contributed by atoms with Crippen molar-refractivity contribution in [1.82, 2.24) is 0 Å². The molecular formula is C39H70N4O2+2. The molecule has 0 radical (unpaired) electrons. The van der Waals surface area contributed by atoms with Gasteiger partial charge in [-0.3, -0.25) is 0 Å². The van der Waals surface area contributed by atoms with E-state index in [9.17, 15) is 5.11 Å². The fraction of sp³-hybridized carbons (Fsp3) is 0.692. The van der Waals surface area contributed by atoms with E-state index in [-0.39, 0.29) is 17.4 Å². The molecule has 0 aliphatic carbocycles. The summed E-state index contributed by atoms with van der Waals surface area (Å²) in [6, 6.07) is 14.4. The first-order valence-electron chi connectivity index (χ1n) is 17.8. The molecule has 0 saturated heterocycles. The average Bonchev–Trinajstić information content (AvgIpc) is 2.97. The minimum Gasteiger partial charge on any atom is -0.396 e. The Hall–Kier alpha value is -2.12. The molecule has 6 heteroatoms. The van der Waals surface area contributed by atoms with Gasteiger partial charge >= 0.3 is 0 Å². The largest absolute Gasteiger partial charge is 0.396 e. The Morgan fingerprint density at radius 2 is 0.933 bits per heavy atom. The van der Waals surface area contributed by atoms with Crippen molar-refractivity contribution in [2.75, 3.05) is 77.4 Å².